The average molecular weight is 189 g/mol. The Labute approximate surface area is 69.9 Å². The summed E-state index contributed by atoms with van der Waals surface area (Å²) in [5, 5.41) is 0. The van der Waals surface area contributed by atoms with E-state index in [-0.39, 0.29) is 10.6 Å². The number of sulfone groups is 1. The van der Waals surface area contributed by atoms with Crippen molar-refractivity contribution in [3.63, 3.8) is 0 Å². The van der Waals surface area contributed by atoms with Gasteiger partial charge in [0.1, 0.15) is 10.7 Å². The van der Waals surface area contributed by atoms with Crippen LogP contribution >= 0.6 is 0 Å². The fourth-order valence-corrected chi connectivity index (χ4v) is 1.58. The summed E-state index contributed by atoms with van der Waals surface area (Å²) in [5.41, 5.74) is 5.53. The van der Waals surface area contributed by atoms with Gasteiger partial charge in [-0.05, 0) is 18.2 Å². The van der Waals surface area contributed by atoms with E-state index in [4.69, 9.17) is 5.73 Å². The molecule has 2 N–H and O–H groups in total. The number of benzene rings is 1. The number of anilines is 1. The second kappa shape index (κ2) is 2.75. The number of nitrogens with two attached hydrogens (primary N) is 1. The SMILES string of the molecule is CS(=O)(=O)c1cc(N)ccc1F. The Kier molecular flexibility index (Phi) is 2.06. The molecule has 1 aromatic carbocycles. The van der Waals surface area contributed by atoms with Crippen molar-refractivity contribution in [1.82, 2.24) is 0 Å². The van der Waals surface area contributed by atoms with Crippen molar-refractivity contribution in [1.29, 1.82) is 0 Å². The summed E-state index contributed by atoms with van der Waals surface area (Å²) in [6.45, 7) is 0. The molecule has 0 aliphatic rings. The topological polar surface area (TPSA) is 60.2 Å². The monoisotopic (exact) mass is 189 g/mol. The summed E-state index contributed by atoms with van der Waals surface area (Å²) >= 11 is 0. The van der Waals surface area contributed by atoms with E-state index in [1.165, 1.54) is 6.07 Å². The first-order valence-electron chi connectivity index (χ1n) is 3.16. The van der Waals surface area contributed by atoms with Crippen molar-refractivity contribution in [2.75, 3.05) is 12.0 Å². The van der Waals surface area contributed by atoms with Crippen LogP contribution in [0, 0.1) is 5.82 Å². The van der Waals surface area contributed by atoms with E-state index in [0.717, 1.165) is 18.4 Å². The van der Waals surface area contributed by atoms with Crippen LogP contribution in [0.15, 0.2) is 23.1 Å². The highest BCUT2D eigenvalue weighted by atomic mass is 32.2. The van der Waals surface area contributed by atoms with E-state index in [1.54, 1.807) is 0 Å². The quantitative estimate of drug-likeness (QED) is 0.665. The van der Waals surface area contributed by atoms with Gasteiger partial charge < -0.3 is 5.73 Å². The summed E-state index contributed by atoms with van der Waals surface area (Å²) in [6, 6.07) is 3.44. The maximum Gasteiger partial charge on any atom is 0.178 e. The third-order valence-corrected chi connectivity index (χ3v) is 2.47. The molecule has 0 spiro atoms. The molecule has 0 aliphatic carbocycles. The third-order valence-electron chi connectivity index (χ3n) is 1.35. The minimum Gasteiger partial charge on any atom is -0.399 e. The smallest absolute Gasteiger partial charge is 0.178 e. The molecular formula is C7H8FNO2S. The molecule has 0 aliphatic heterocycles. The maximum absolute atomic E-state index is 12.8. The number of hydrogen-bond donors (Lipinski definition) is 1. The highest BCUT2D eigenvalue weighted by Gasteiger charge is 2.12. The van der Waals surface area contributed by atoms with Crippen LogP contribution < -0.4 is 5.73 Å². The molecule has 0 bridgehead atoms. The molecule has 0 unspecified atom stereocenters. The average Bonchev–Trinajstić information content (AvgIpc) is 1.92. The van der Waals surface area contributed by atoms with E-state index < -0.39 is 15.7 Å². The largest absolute Gasteiger partial charge is 0.399 e. The first-order valence-corrected chi connectivity index (χ1v) is 5.05. The van der Waals surface area contributed by atoms with E-state index in [0.29, 0.717) is 0 Å². The Morgan fingerprint density at radius 1 is 1.42 bits per heavy atom. The molecule has 3 nitrogen and oxygen atoms in total. The third kappa shape index (κ3) is 1.73. The van der Waals surface area contributed by atoms with Crippen LogP contribution in [0.5, 0.6) is 0 Å². The fourth-order valence-electron chi connectivity index (χ4n) is 0.804. The van der Waals surface area contributed by atoms with Crippen molar-refractivity contribution in [3.8, 4) is 0 Å². The second-order valence-electron chi connectivity index (χ2n) is 2.46. The van der Waals surface area contributed by atoms with Gasteiger partial charge in [-0.1, -0.05) is 0 Å². The molecule has 0 saturated carbocycles. The van der Waals surface area contributed by atoms with Crippen LogP contribution in [0.1, 0.15) is 0 Å². The van der Waals surface area contributed by atoms with Gasteiger partial charge in [0.2, 0.25) is 0 Å². The molecule has 0 heterocycles. The fraction of sp³-hybridized carbons (Fsp3) is 0.143. The van der Waals surface area contributed by atoms with Crippen LogP contribution in [0.3, 0.4) is 0 Å². The lowest BCUT2D eigenvalue weighted by Crippen LogP contribution is -2.01. The number of hydrogen-bond acceptors (Lipinski definition) is 3. The molecule has 0 amide bonds. The minimum absolute atomic E-state index is 0.233. The van der Waals surface area contributed by atoms with Crippen molar-refractivity contribution < 1.29 is 12.8 Å². The molecule has 0 aromatic heterocycles. The van der Waals surface area contributed by atoms with Gasteiger partial charge in [-0.15, -0.1) is 0 Å². The van der Waals surface area contributed by atoms with Gasteiger partial charge in [0.05, 0.1) is 0 Å². The van der Waals surface area contributed by atoms with Gasteiger partial charge in [-0.2, -0.15) is 0 Å². The molecule has 0 saturated heterocycles. The van der Waals surface area contributed by atoms with Crippen molar-refractivity contribution in [2.24, 2.45) is 0 Å². The van der Waals surface area contributed by atoms with Gasteiger partial charge in [0.15, 0.2) is 9.84 Å². The summed E-state index contributed by atoms with van der Waals surface area (Å²) in [7, 11) is -3.51. The highest BCUT2D eigenvalue weighted by Crippen LogP contribution is 2.16. The summed E-state index contributed by atoms with van der Waals surface area (Å²) in [5.74, 6) is -0.772. The Morgan fingerprint density at radius 3 is 2.42 bits per heavy atom. The first-order chi connectivity index (χ1) is 5.41. The predicted octanol–water partition coefficient (Wildman–Crippen LogP) is 0.811. The van der Waals surface area contributed by atoms with Gasteiger partial charge in [0.25, 0.3) is 0 Å². The van der Waals surface area contributed by atoms with Crippen LogP contribution in [-0.4, -0.2) is 14.7 Å². The Hall–Kier alpha value is -1.10. The number of halogens is 1. The number of rotatable bonds is 1. The second-order valence-corrected chi connectivity index (χ2v) is 4.45. The first kappa shape index (κ1) is 8.99. The molecule has 12 heavy (non-hydrogen) atoms. The normalized spacial score (nSPS) is 11.5. The standard InChI is InChI=1S/C7H8FNO2S/c1-12(10,11)7-4-5(9)2-3-6(7)8/h2-4H,9H2,1H3. The van der Waals surface area contributed by atoms with Crippen LogP contribution in [0.2, 0.25) is 0 Å². The Morgan fingerprint density at radius 2 is 2.00 bits per heavy atom. The maximum atomic E-state index is 12.8. The van der Waals surface area contributed by atoms with Crippen LogP contribution in [0.25, 0.3) is 0 Å². The number of nitrogen functional groups attached to an aromatic ring is 1. The Balaban J connectivity index is 3.43. The summed E-state index contributed by atoms with van der Waals surface area (Å²) < 4.78 is 34.7. The Bertz CT molecular complexity index is 400. The minimum atomic E-state index is -3.51. The molecule has 66 valence electrons. The molecule has 1 rings (SSSR count). The van der Waals surface area contributed by atoms with Crippen LogP contribution in [0.4, 0.5) is 10.1 Å². The van der Waals surface area contributed by atoms with Gasteiger partial charge in [-0.3, -0.25) is 0 Å². The van der Waals surface area contributed by atoms with Gasteiger partial charge in [-0.25, -0.2) is 12.8 Å². The zero-order valence-corrected chi connectivity index (χ0v) is 7.23. The molecule has 0 fully saturated rings. The molecule has 0 atom stereocenters. The lowest BCUT2D eigenvalue weighted by atomic mass is 10.3. The zero-order chi connectivity index (χ0) is 9.35. The van der Waals surface area contributed by atoms with Crippen molar-refractivity contribution >= 4 is 15.5 Å². The predicted molar refractivity (Wildman–Crippen MR) is 43.9 cm³/mol. The van der Waals surface area contributed by atoms with E-state index in [2.05, 4.69) is 0 Å². The van der Waals surface area contributed by atoms with Crippen molar-refractivity contribution in [3.05, 3.63) is 24.0 Å². The van der Waals surface area contributed by atoms with E-state index in [1.807, 2.05) is 0 Å². The molecule has 1 aromatic rings. The van der Waals surface area contributed by atoms with Crippen molar-refractivity contribution in [2.45, 2.75) is 4.90 Å². The molecule has 0 radical (unpaired) electrons. The van der Waals surface area contributed by atoms with Gasteiger partial charge >= 0.3 is 0 Å². The van der Waals surface area contributed by atoms with Gasteiger partial charge in [0, 0.05) is 11.9 Å². The van der Waals surface area contributed by atoms with E-state index in [9.17, 15) is 12.8 Å². The highest BCUT2D eigenvalue weighted by molar-refractivity contribution is 7.90. The lowest BCUT2D eigenvalue weighted by molar-refractivity contribution is 0.571. The summed E-state index contributed by atoms with van der Waals surface area (Å²) in [4.78, 5) is -0.359. The molecule has 5 heteroatoms. The molecular weight excluding hydrogens is 181 g/mol. The lowest BCUT2D eigenvalue weighted by Gasteiger charge is -2.00. The zero-order valence-electron chi connectivity index (χ0n) is 6.41. The van der Waals surface area contributed by atoms with Crippen LogP contribution in [-0.2, 0) is 9.84 Å². The summed E-state index contributed by atoms with van der Waals surface area (Å²) in [6.07, 6.45) is 0.935. The van der Waals surface area contributed by atoms with E-state index >= 15 is 0 Å².